The van der Waals surface area contributed by atoms with Gasteiger partial charge in [0.05, 0.1) is 18.4 Å². The van der Waals surface area contributed by atoms with Gasteiger partial charge in [-0.1, -0.05) is 0 Å². The number of esters is 1. The quantitative estimate of drug-likeness (QED) is 0.678. The maximum absolute atomic E-state index is 12.4. The fourth-order valence-corrected chi connectivity index (χ4v) is 3.43. The van der Waals surface area contributed by atoms with Crippen LogP contribution in [-0.2, 0) is 4.74 Å². The molecular formula is C20H16N2O5S. The topological polar surface area (TPSA) is 86.8 Å². The smallest absolute Gasteiger partial charge is 0.337 e. The minimum absolute atomic E-state index is 0.306. The number of hydrogen-bond acceptors (Lipinski definition) is 7. The lowest BCUT2D eigenvalue weighted by molar-refractivity contribution is 0.0600. The van der Waals surface area contributed by atoms with Crippen molar-refractivity contribution in [3.63, 3.8) is 0 Å². The summed E-state index contributed by atoms with van der Waals surface area (Å²) in [6.45, 7) is 1.06. The number of carbonyl (C=O) groups is 2. The Morgan fingerprint density at radius 1 is 1.04 bits per heavy atom. The third kappa shape index (κ3) is 3.67. The van der Waals surface area contributed by atoms with Gasteiger partial charge in [-0.3, -0.25) is 10.1 Å². The highest BCUT2D eigenvalue weighted by Gasteiger charge is 2.15. The number of fused-ring (bicyclic) bond motifs is 1. The summed E-state index contributed by atoms with van der Waals surface area (Å²) in [5, 5.41) is 5.11. The minimum Gasteiger partial charge on any atom is -0.486 e. The number of benzene rings is 2. The lowest BCUT2D eigenvalue weighted by atomic mass is 10.1. The first-order chi connectivity index (χ1) is 13.6. The van der Waals surface area contributed by atoms with Crippen LogP contribution in [0, 0.1) is 0 Å². The number of aromatic nitrogens is 1. The lowest BCUT2D eigenvalue weighted by Gasteiger charge is -2.18. The number of thiazole rings is 1. The number of anilines is 1. The molecule has 1 amide bonds. The average Bonchev–Trinajstić information content (AvgIpc) is 3.21. The van der Waals surface area contributed by atoms with Crippen LogP contribution >= 0.6 is 11.3 Å². The molecular weight excluding hydrogens is 380 g/mol. The molecule has 0 spiro atoms. The summed E-state index contributed by atoms with van der Waals surface area (Å²) in [5.41, 5.74) is 2.42. The highest BCUT2D eigenvalue weighted by molar-refractivity contribution is 7.14. The van der Waals surface area contributed by atoms with E-state index in [1.54, 1.807) is 24.3 Å². The zero-order chi connectivity index (χ0) is 19.5. The molecule has 0 aliphatic carbocycles. The lowest BCUT2D eigenvalue weighted by Crippen LogP contribution is -2.15. The van der Waals surface area contributed by atoms with E-state index in [9.17, 15) is 9.59 Å². The highest BCUT2D eigenvalue weighted by atomic mass is 32.1. The second-order valence-electron chi connectivity index (χ2n) is 5.92. The molecule has 2 heterocycles. The van der Waals surface area contributed by atoms with Gasteiger partial charge in [0.25, 0.3) is 5.91 Å². The third-order valence-corrected chi connectivity index (χ3v) is 4.89. The molecule has 142 valence electrons. The first-order valence-electron chi connectivity index (χ1n) is 8.49. The van der Waals surface area contributed by atoms with E-state index in [0.717, 1.165) is 11.3 Å². The summed E-state index contributed by atoms with van der Waals surface area (Å²) in [4.78, 5) is 28.3. The van der Waals surface area contributed by atoms with Gasteiger partial charge in [0.15, 0.2) is 16.6 Å². The van der Waals surface area contributed by atoms with Crippen molar-refractivity contribution < 1.29 is 23.8 Å². The van der Waals surface area contributed by atoms with Gasteiger partial charge in [-0.2, -0.15) is 0 Å². The number of carbonyl (C=O) groups excluding carboxylic acids is 2. The molecule has 1 aromatic heterocycles. The Labute approximate surface area is 164 Å². The van der Waals surface area contributed by atoms with Gasteiger partial charge in [0.2, 0.25) is 0 Å². The van der Waals surface area contributed by atoms with Crippen LogP contribution in [0.15, 0.2) is 47.8 Å². The molecule has 3 aromatic rings. The summed E-state index contributed by atoms with van der Waals surface area (Å²) < 4.78 is 15.8. The van der Waals surface area contributed by atoms with Gasteiger partial charge in [0.1, 0.15) is 13.2 Å². The van der Waals surface area contributed by atoms with Gasteiger partial charge >= 0.3 is 5.97 Å². The molecule has 7 nitrogen and oxygen atoms in total. The maximum Gasteiger partial charge on any atom is 0.337 e. The van der Waals surface area contributed by atoms with Gasteiger partial charge in [-0.25, -0.2) is 9.78 Å². The summed E-state index contributed by atoms with van der Waals surface area (Å²) in [5.74, 6) is 0.651. The summed E-state index contributed by atoms with van der Waals surface area (Å²) in [6, 6.07) is 11.9. The van der Waals surface area contributed by atoms with E-state index >= 15 is 0 Å². The van der Waals surface area contributed by atoms with Crippen LogP contribution in [0.5, 0.6) is 11.5 Å². The Bertz CT molecular complexity index is 1030. The molecule has 0 fully saturated rings. The third-order valence-electron chi connectivity index (χ3n) is 4.13. The van der Waals surface area contributed by atoms with Crippen molar-refractivity contribution in [1.82, 2.24) is 4.98 Å². The van der Waals surface area contributed by atoms with Crippen molar-refractivity contribution in [3.8, 4) is 22.8 Å². The molecule has 0 atom stereocenters. The zero-order valence-electron chi connectivity index (χ0n) is 14.9. The van der Waals surface area contributed by atoms with Gasteiger partial charge in [-0.15, -0.1) is 11.3 Å². The molecule has 28 heavy (non-hydrogen) atoms. The standard InChI is InChI=1S/C20H16N2O5S/c1-25-19(24)13-4-2-12(3-5-13)18(23)22-20-21-15(11-28-20)14-6-7-16-17(10-14)27-9-8-26-16/h2-7,10-11H,8-9H2,1H3,(H,21,22,23). The highest BCUT2D eigenvalue weighted by Crippen LogP contribution is 2.35. The zero-order valence-corrected chi connectivity index (χ0v) is 15.7. The SMILES string of the molecule is COC(=O)c1ccc(C(=O)Nc2nc(-c3ccc4c(c3)OCCO4)cs2)cc1. The number of amides is 1. The molecule has 4 rings (SSSR count). The number of nitrogens with zero attached hydrogens (tertiary/aromatic N) is 1. The van der Waals surface area contributed by atoms with Crippen LogP contribution in [0.25, 0.3) is 11.3 Å². The van der Waals surface area contributed by atoms with Gasteiger partial charge < -0.3 is 14.2 Å². The van der Waals surface area contributed by atoms with E-state index < -0.39 is 5.97 Å². The monoisotopic (exact) mass is 396 g/mol. The summed E-state index contributed by atoms with van der Waals surface area (Å²) in [7, 11) is 1.31. The molecule has 0 saturated heterocycles. The van der Waals surface area contributed by atoms with Crippen molar-refractivity contribution in [2.75, 3.05) is 25.6 Å². The normalized spacial score (nSPS) is 12.3. The Hall–Kier alpha value is -3.39. The van der Waals surface area contributed by atoms with E-state index in [0.29, 0.717) is 41.0 Å². The van der Waals surface area contributed by atoms with Crippen molar-refractivity contribution in [3.05, 3.63) is 59.0 Å². The number of hydrogen-bond donors (Lipinski definition) is 1. The predicted octanol–water partition coefficient (Wildman–Crippen LogP) is 3.62. The fraction of sp³-hybridized carbons (Fsp3) is 0.150. The summed E-state index contributed by atoms with van der Waals surface area (Å²) >= 11 is 1.33. The number of methoxy groups -OCH3 is 1. The number of rotatable bonds is 4. The van der Waals surface area contributed by atoms with Crippen LogP contribution < -0.4 is 14.8 Å². The molecule has 1 aliphatic heterocycles. The van der Waals surface area contributed by atoms with E-state index in [1.165, 1.54) is 18.4 Å². The molecule has 8 heteroatoms. The Morgan fingerprint density at radius 3 is 2.50 bits per heavy atom. The van der Waals surface area contributed by atoms with Crippen LogP contribution in [0.3, 0.4) is 0 Å². The fourth-order valence-electron chi connectivity index (χ4n) is 2.71. The van der Waals surface area contributed by atoms with Crippen LogP contribution in [0.1, 0.15) is 20.7 Å². The van der Waals surface area contributed by atoms with Gasteiger partial charge in [-0.05, 0) is 42.5 Å². The van der Waals surface area contributed by atoms with Crippen LogP contribution in [0.2, 0.25) is 0 Å². The van der Waals surface area contributed by atoms with Crippen molar-refractivity contribution in [1.29, 1.82) is 0 Å². The first-order valence-corrected chi connectivity index (χ1v) is 9.37. The largest absolute Gasteiger partial charge is 0.486 e. The van der Waals surface area contributed by atoms with Gasteiger partial charge in [0, 0.05) is 16.5 Å². The van der Waals surface area contributed by atoms with E-state index in [-0.39, 0.29) is 5.91 Å². The summed E-state index contributed by atoms with van der Waals surface area (Å²) in [6.07, 6.45) is 0. The van der Waals surface area contributed by atoms with Crippen LogP contribution in [0.4, 0.5) is 5.13 Å². The second-order valence-corrected chi connectivity index (χ2v) is 6.78. The molecule has 0 radical (unpaired) electrons. The molecule has 1 N–H and O–H groups in total. The van der Waals surface area contributed by atoms with Crippen molar-refractivity contribution in [2.45, 2.75) is 0 Å². The van der Waals surface area contributed by atoms with Crippen molar-refractivity contribution in [2.24, 2.45) is 0 Å². The maximum atomic E-state index is 12.4. The molecule has 1 aliphatic rings. The molecule has 0 bridgehead atoms. The van der Waals surface area contributed by atoms with Crippen LogP contribution in [-0.4, -0.2) is 37.2 Å². The number of nitrogens with one attached hydrogen (secondary N) is 1. The second kappa shape index (κ2) is 7.69. The van der Waals surface area contributed by atoms with Crippen molar-refractivity contribution >= 4 is 28.3 Å². The Morgan fingerprint density at radius 2 is 1.75 bits per heavy atom. The first kappa shape index (κ1) is 18.0. The Balaban J connectivity index is 1.47. The molecule has 2 aromatic carbocycles. The predicted molar refractivity (Wildman–Crippen MR) is 104 cm³/mol. The number of ether oxygens (including phenoxy) is 3. The molecule has 0 saturated carbocycles. The molecule has 0 unspecified atom stereocenters. The Kier molecular flexibility index (Phi) is 4.94. The average molecular weight is 396 g/mol. The van der Waals surface area contributed by atoms with E-state index in [2.05, 4.69) is 15.0 Å². The van der Waals surface area contributed by atoms with E-state index in [4.69, 9.17) is 9.47 Å². The minimum atomic E-state index is -0.448. The van der Waals surface area contributed by atoms with E-state index in [1.807, 2.05) is 23.6 Å².